The molecule has 0 saturated heterocycles. The Morgan fingerprint density at radius 2 is 2.14 bits per heavy atom. The number of halogens is 1. The number of carbonyl (C=O) groups excluding carboxylic acids is 1. The SMILES string of the molecule is CC(C)c1csc(CCC(=O)NCc2ccccc2Cl)n1. The average Bonchev–Trinajstić information content (AvgIpc) is 2.93. The van der Waals surface area contributed by atoms with Gasteiger partial charge in [-0.2, -0.15) is 0 Å². The van der Waals surface area contributed by atoms with E-state index in [0.29, 0.717) is 30.3 Å². The van der Waals surface area contributed by atoms with Gasteiger partial charge in [0.15, 0.2) is 0 Å². The molecule has 0 spiro atoms. The number of aromatic nitrogens is 1. The Morgan fingerprint density at radius 3 is 2.81 bits per heavy atom. The van der Waals surface area contributed by atoms with E-state index in [0.717, 1.165) is 16.3 Å². The number of carbonyl (C=O) groups is 1. The van der Waals surface area contributed by atoms with Crippen molar-refractivity contribution in [3.63, 3.8) is 0 Å². The number of nitrogens with one attached hydrogen (secondary N) is 1. The Balaban J connectivity index is 1.78. The number of aryl methyl sites for hydroxylation is 1. The van der Waals surface area contributed by atoms with E-state index in [1.807, 2.05) is 24.3 Å². The average molecular weight is 323 g/mol. The van der Waals surface area contributed by atoms with Crippen LogP contribution in [0, 0.1) is 0 Å². The largest absolute Gasteiger partial charge is 0.352 e. The quantitative estimate of drug-likeness (QED) is 0.867. The molecule has 5 heteroatoms. The highest BCUT2D eigenvalue weighted by Gasteiger charge is 2.08. The van der Waals surface area contributed by atoms with Crippen LogP contribution in [0.3, 0.4) is 0 Å². The van der Waals surface area contributed by atoms with Crippen molar-refractivity contribution in [2.75, 3.05) is 0 Å². The zero-order valence-electron chi connectivity index (χ0n) is 12.2. The monoisotopic (exact) mass is 322 g/mol. The molecular formula is C16H19ClN2OS. The highest BCUT2D eigenvalue weighted by atomic mass is 35.5. The fourth-order valence-electron chi connectivity index (χ4n) is 1.85. The molecule has 0 aliphatic rings. The van der Waals surface area contributed by atoms with Gasteiger partial charge in [0.05, 0.1) is 10.7 Å². The van der Waals surface area contributed by atoms with Crippen LogP contribution < -0.4 is 5.32 Å². The van der Waals surface area contributed by atoms with Crippen LogP contribution in [-0.4, -0.2) is 10.9 Å². The van der Waals surface area contributed by atoms with Crippen molar-refractivity contribution < 1.29 is 4.79 Å². The molecule has 21 heavy (non-hydrogen) atoms. The van der Waals surface area contributed by atoms with Crippen molar-refractivity contribution in [1.82, 2.24) is 10.3 Å². The van der Waals surface area contributed by atoms with E-state index in [4.69, 9.17) is 11.6 Å². The van der Waals surface area contributed by atoms with E-state index in [1.165, 1.54) is 0 Å². The molecule has 1 aromatic carbocycles. The van der Waals surface area contributed by atoms with Crippen LogP contribution in [0.1, 0.15) is 42.5 Å². The van der Waals surface area contributed by atoms with Crippen molar-refractivity contribution in [3.8, 4) is 0 Å². The second kappa shape index (κ2) is 7.57. The molecule has 0 aliphatic carbocycles. The van der Waals surface area contributed by atoms with Crippen LogP contribution in [0.4, 0.5) is 0 Å². The van der Waals surface area contributed by atoms with E-state index in [1.54, 1.807) is 11.3 Å². The van der Waals surface area contributed by atoms with E-state index >= 15 is 0 Å². The molecule has 1 amide bonds. The molecule has 0 radical (unpaired) electrons. The first-order valence-corrected chi connectivity index (χ1v) is 8.26. The lowest BCUT2D eigenvalue weighted by molar-refractivity contribution is -0.121. The number of rotatable bonds is 6. The molecule has 1 aromatic heterocycles. The summed E-state index contributed by atoms with van der Waals surface area (Å²) in [5.41, 5.74) is 2.04. The van der Waals surface area contributed by atoms with Crippen molar-refractivity contribution in [2.45, 2.75) is 39.2 Å². The minimum atomic E-state index is 0.0243. The first-order valence-electron chi connectivity index (χ1n) is 7.00. The number of hydrogen-bond donors (Lipinski definition) is 1. The molecule has 3 nitrogen and oxygen atoms in total. The molecule has 2 rings (SSSR count). The Hall–Kier alpha value is -1.39. The van der Waals surface area contributed by atoms with Gasteiger partial charge in [0.25, 0.3) is 0 Å². The molecule has 0 atom stereocenters. The zero-order chi connectivity index (χ0) is 15.2. The Morgan fingerprint density at radius 1 is 1.38 bits per heavy atom. The molecule has 0 unspecified atom stereocenters. The lowest BCUT2D eigenvalue weighted by atomic mass is 10.2. The summed E-state index contributed by atoms with van der Waals surface area (Å²) in [6.07, 6.45) is 1.14. The van der Waals surface area contributed by atoms with Gasteiger partial charge in [0.2, 0.25) is 5.91 Å². The summed E-state index contributed by atoms with van der Waals surface area (Å²) in [5.74, 6) is 0.459. The standard InChI is InChI=1S/C16H19ClN2OS/c1-11(2)14-10-21-16(19-14)8-7-15(20)18-9-12-5-3-4-6-13(12)17/h3-6,10-11H,7-9H2,1-2H3,(H,18,20). The molecule has 112 valence electrons. The fraction of sp³-hybridized carbons (Fsp3) is 0.375. The summed E-state index contributed by atoms with van der Waals surface area (Å²) >= 11 is 7.68. The van der Waals surface area contributed by atoms with Gasteiger partial charge < -0.3 is 5.32 Å². The van der Waals surface area contributed by atoms with Gasteiger partial charge in [-0.05, 0) is 17.5 Å². The fourth-order valence-corrected chi connectivity index (χ4v) is 3.01. The molecular weight excluding hydrogens is 304 g/mol. The number of thiazole rings is 1. The summed E-state index contributed by atoms with van der Waals surface area (Å²) < 4.78 is 0. The minimum absolute atomic E-state index is 0.0243. The van der Waals surface area contributed by atoms with Gasteiger partial charge in [-0.1, -0.05) is 43.6 Å². The maximum absolute atomic E-state index is 11.9. The van der Waals surface area contributed by atoms with Gasteiger partial charge >= 0.3 is 0 Å². The summed E-state index contributed by atoms with van der Waals surface area (Å²) in [7, 11) is 0. The normalized spacial score (nSPS) is 10.9. The van der Waals surface area contributed by atoms with Crippen LogP contribution in [0.2, 0.25) is 5.02 Å². The van der Waals surface area contributed by atoms with Gasteiger partial charge in [-0.25, -0.2) is 4.98 Å². The van der Waals surface area contributed by atoms with Crippen LogP contribution in [-0.2, 0) is 17.8 Å². The Kier molecular flexibility index (Phi) is 5.76. The van der Waals surface area contributed by atoms with Gasteiger partial charge in [-0.15, -0.1) is 11.3 Å². The lowest BCUT2D eigenvalue weighted by Crippen LogP contribution is -2.23. The van der Waals surface area contributed by atoms with E-state index < -0.39 is 0 Å². The third kappa shape index (κ3) is 4.83. The highest BCUT2D eigenvalue weighted by Crippen LogP contribution is 2.19. The van der Waals surface area contributed by atoms with Crippen molar-refractivity contribution in [2.24, 2.45) is 0 Å². The maximum Gasteiger partial charge on any atom is 0.220 e. The molecule has 1 N–H and O–H groups in total. The molecule has 0 saturated carbocycles. The Labute approximate surface area is 134 Å². The maximum atomic E-state index is 11.9. The zero-order valence-corrected chi connectivity index (χ0v) is 13.8. The minimum Gasteiger partial charge on any atom is -0.352 e. The summed E-state index contributed by atoms with van der Waals surface area (Å²) in [4.78, 5) is 16.4. The topological polar surface area (TPSA) is 42.0 Å². The van der Waals surface area contributed by atoms with Crippen molar-refractivity contribution in [1.29, 1.82) is 0 Å². The summed E-state index contributed by atoms with van der Waals surface area (Å²) in [6.45, 7) is 4.71. The smallest absolute Gasteiger partial charge is 0.220 e. The highest BCUT2D eigenvalue weighted by molar-refractivity contribution is 7.09. The second-order valence-electron chi connectivity index (χ2n) is 5.19. The van der Waals surface area contributed by atoms with Crippen molar-refractivity contribution >= 4 is 28.8 Å². The Bertz CT molecular complexity index is 610. The van der Waals surface area contributed by atoms with Crippen molar-refractivity contribution in [3.05, 3.63) is 50.9 Å². The number of hydrogen-bond acceptors (Lipinski definition) is 3. The first-order chi connectivity index (χ1) is 10.1. The molecule has 2 aromatic rings. The summed E-state index contributed by atoms with van der Waals surface area (Å²) in [5, 5.41) is 6.66. The van der Waals surface area contributed by atoms with Crippen LogP contribution in [0.5, 0.6) is 0 Å². The van der Waals surface area contributed by atoms with Gasteiger partial charge in [0, 0.05) is 29.8 Å². The van der Waals surface area contributed by atoms with E-state index in [2.05, 4.69) is 29.5 Å². The molecule has 1 heterocycles. The van der Waals surface area contributed by atoms with Crippen LogP contribution >= 0.6 is 22.9 Å². The van der Waals surface area contributed by atoms with Gasteiger partial charge in [-0.3, -0.25) is 4.79 Å². The second-order valence-corrected chi connectivity index (χ2v) is 6.54. The van der Waals surface area contributed by atoms with Crippen LogP contribution in [0.25, 0.3) is 0 Å². The number of nitrogens with zero attached hydrogens (tertiary/aromatic N) is 1. The van der Waals surface area contributed by atoms with Gasteiger partial charge in [0.1, 0.15) is 0 Å². The predicted octanol–water partition coefficient (Wildman–Crippen LogP) is 4.17. The summed E-state index contributed by atoms with van der Waals surface area (Å²) in [6, 6.07) is 7.53. The molecule has 0 bridgehead atoms. The molecule has 0 fully saturated rings. The number of benzene rings is 1. The third-order valence-electron chi connectivity index (χ3n) is 3.16. The van der Waals surface area contributed by atoms with E-state index in [9.17, 15) is 4.79 Å². The third-order valence-corrected chi connectivity index (χ3v) is 4.46. The number of amides is 1. The molecule has 0 aliphatic heterocycles. The first kappa shape index (κ1) is 16.0. The predicted molar refractivity (Wildman–Crippen MR) is 87.8 cm³/mol. The van der Waals surface area contributed by atoms with E-state index in [-0.39, 0.29) is 5.91 Å². The lowest BCUT2D eigenvalue weighted by Gasteiger charge is -2.06. The van der Waals surface area contributed by atoms with Crippen LogP contribution in [0.15, 0.2) is 29.6 Å².